The highest BCUT2D eigenvalue weighted by Crippen LogP contribution is 2.33. The standard InChI is InChI=1S/C32H34N4O4/c1-21-17-26-27(18-24(21)19-37)35-31(39)28(26)29(22-7-5-4-6-8-22)34-25-11-9-23(10-12-25)30(38)33-20-32(36(2)3)13-15-40-16-14-32/h4-12,17-19,35,39H,13-16,20H2,1-3H3,(H,33,38). The van der Waals surface area contributed by atoms with Crippen LogP contribution in [0.4, 0.5) is 5.69 Å². The van der Waals surface area contributed by atoms with E-state index in [1.54, 1.807) is 30.3 Å². The number of H-pyrrole nitrogens is 1. The fourth-order valence-corrected chi connectivity index (χ4v) is 5.28. The Morgan fingerprint density at radius 1 is 1.07 bits per heavy atom. The van der Waals surface area contributed by atoms with Crippen molar-refractivity contribution < 1.29 is 19.4 Å². The van der Waals surface area contributed by atoms with E-state index in [1.807, 2.05) is 57.4 Å². The molecule has 5 rings (SSSR count). The van der Waals surface area contributed by atoms with E-state index in [0.29, 0.717) is 53.4 Å². The number of benzene rings is 3. The fraction of sp³-hybridized carbons (Fsp3) is 0.281. The van der Waals surface area contributed by atoms with E-state index < -0.39 is 0 Å². The number of likely N-dealkylation sites (N-methyl/N-ethyl adjacent to an activating group) is 1. The van der Waals surface area contributed by atoms with E-state index in [-0.39, 0.29) is 17.3 Å². The van der Waals surface area contributed by atoms with Gasteiger partial charge in [0.1, 0.15) is 6.29 Å². The molecule has 206 valence electrons. The molecule has 0 unspecified atom stereocenters. The minimum Gasteiger partial charge on any atom is -0.494 e. The van der Waals surface area contributed by atoms with E-state index in [1.165, 1.54) is 0 Å². The number of nitrogens with zero attached hydrogens (tertiary/aromatic N) is 2. The van der Waals surface area contributed by atoms with Gasteiger partial charge in [0.15, 0.2) is 5.88 Å². The molecule has 1 aromatic heterocycles. The summed E-state index contributed by atoms with van der Waals surface area (Å²) in [6, 6.07) is 20.4. The first kappa shape index (κ1) is 27.3. The number of nitrogens with one attached hydrogen (secondary N) is 2. The molecule has 0 radical (unpaired) electrons. The molecule has 1 aliphatic heterocycles. The van der Waals surface area contributed by atoms with Crippen molar-refractivity contribution in [1.29, 1.82) is 0 Å². The number of aromatic nitrogens is 1. The number of amides is 1. The third-order valence-corrected chi connectivity index (χ3v) is 7.90. The van der Waals surface area contributed by atoms with E-state index in [9.17, 15) is 14.7 Å². The van der Waals surface area contributed by atoms with Crippen LogP contribution < -0.4 is 5.32 Å². The number of fused-ring (bicyclic) bond motifs is 1. The number of hydrogen-bond acceptors (Lipinski definition) is 6. The number of aromatic amines is 1. The highest BCUT2D eigenvalue weighted by Gasteiger charge is 2.35. The van der Waals surface area contributed by atoms with Crippen LogP contribution >= 0.6 is 0 Å². The summed E-state index contributed by atoms with van der Waals surface area (Å²) in [7, 11) is 4.09. The lowest BCUT2D eigenvalue weighted by atomic mass is 9.88. The van der Waals surface area contributed by atoms with Crippen molar-refractivity contribution in [3.8, 4) is 5.88 Å². The molecule has 0 bridgehead atoms. The molecule has 8 heteroatoms. The number of aliphatic imine (C=N–C) groups is 1. The number of rotatable bonds is 8. The van der Waals surface area contributed by atoms with E-state index in [2.05, 4.69) is 15.2 Å². The summed E-state index contributed by atoms with van der Waals surface area (Å²) in [5.74, 6) is -0.166. The van der Waals surface area contributed by atoms with E-state index in [0.717, 1.165) is 35.6 Å². The molecule has 0 aliphatic carbocycles. The second-order valence-corrected chi connectivity index (χ2v) is 10.5. The average Bonchev–Trinajstić information content (AvgIpc) is 3.29. The van der Waals surface area contributed by atoms with Crippen molar-refractivity contribution in [3.63, 3.8) is 0 Å². The van der Waals surface area contributed by atoms with Crippen LogP contribution in [0.1, 0.15) is 50.2 Å². The van der Waals surface area contributed by atoms with Crippen molar-refractivity contribution in [2.24, 2.45) is 4.99 Å². The van der Waals surface area contributed by atoms with Gasteiger partial charge in [-0.05, 0) is 75.8 Å². The molecule has 4 aromatic rings. The number of carbonyl (C=O) groups excluding carboxylic acids is 2. The third kappa shape index (κ3) is 5.41. The van der Waals surface area contributed by atoms with Crippen LogP contribution in [0, 0.1) is 6.92 Å². The lowest BCUT2D eigenvalue weighted by molar-refractivity contribution is -0.00658. The maximum Gasteiger partial charge on any atom is 0.251 e. The topological polar surface area (TPSA) is 107 Å². The van der Waals surface area contributed by atoms with E-state index >= 15 is 0 Å². The molecule has 1 aliphatic rings. The second kappa shape index (κ2) is 11.5. The van der Waals surface area contributed by atoms with Gasteiger partial charge in [-0.25, -0.2) is 4.99 Å². The highest BCUT2D eigenvalue weighted by molar-refractivity contribution is 6.22. The van der Waals surface area contributed by atoms with Gasteiger partial charge in [0.25, 0.3) is 5.91 Å². The number of carbonyl (C=O) groups is 2. The van der Waals surface area contributed by atoms with Crippen LogP contribution in [-0.2, 0) is 4.74 Å². The zero-order valence-corrected chi connectivity index (χ0v) is 23.0. The van der Waals surface area contributed by atoms with Crippen molar-refractivity contribution in [2.75, 3.05) is 33.9 Å². The average molecular weight is 539 g/mol. The zero-order valence-electron chi connectivity index (χ0n) is 23.0. The summed E-state index contributed by atoms with van der Waals surface area (Å²) >= 11 is 0. The summed E-state index contributed by atoms with van der Waals surface area (Å²) in [5.41, 5.74) is 5.03. The molecule has 8 nitrogen and oxygen atoms in total. The maximum absolute atomic E-state index is 13.0. The highest BCUT2D eigenvalue weighted by atomic mass is 16.5. The Labute approximate surface area is 233 Å². The van der Waals surface area contributed by atoms with Crippen LogP contribution in [0.2, 0.25) is 0 Å². The molecule has 3 aromatic carbocycles. The summed E-state index contributed by atoms with van der Waals surface area (Å²) in [6.07, 6.45) is 2.54. The van der Waals surface area contributed by atoms with Crippen molar-refractivity contribution in [1.82, 2.24) is 15.2 Å². The lowest BCUT2D eigenvalue weighted by Crippen LogP contribution is -2.55. The van der Waals surface area contributed by atoms with Crippen LogP contribution in [-0.4, -0.2) is 72.3 Å². The van der Waals surface area contributed by atoms with Crippen molar-refractivity contribution in [2.45, 2.75) is 25.3 Å². The Morgan fingerprint density at radius 3 is 2.42 bits per heavy atom. The number of aryl methyl sites for hydroxylation is 1. The summed E-state index contributed by atoms with van der Waals surface area (Å²) in [6.45, 7) is 3.79. The molecule has 1 fully saturated rings. The van der Waals surface area contributed by atoms with Gasteiger partial charge in [-0.2, -0.15) is 0 Å². The minimum atomic E-state index is -0.137. The SMILES string of the molecule is Cc1cc2c(C(=Nc3ccc(C(=O)NCC4(N(C)C)CCOCC4)cc3)c3ccccc3)c(O)[nH]c2cc1C=O. The Balaban J connectivity index is 1.45. The van der Waals surface area contributed by atoms with Crippen LogP contribution in [0.3, 0.4) is 0 Å². The van der Waals surface area contributed by atoms with Gasteiger partial charge in [0.05, 0.1) is 17.0 Å². The van der Waals surface area contributed by atoms with Gasteiger partial charge in [-0.15, -0.1) is 0 Å². The minimum absolute atomic E-state index is 0.0287. The molecule has 0 spiro atoms. The molecule has 1 saturated heterocycles. The normalized spacial score (nSPS) is 15.3. The zero-order chi connectivity index (χ0) is 28.3. The molecule has 40 heavy (non-hydrogen) atoms. The largest absolute Gasteiger partial charge is 0.494 e. The number of aldehydes is 1. The Hall–Kier alpha value is -4.27. The van der Waals surface area contributed by atoms with Gasteiger partial charge < -0.3 is 25.0 Å². The van der Waals surface area contributed by atoms with Crippen LogP contribution in [0.15, 0.2) is 71.7 Å². The molecule has 0 atom stereocenters. The third-order valence-electron chi connectivity index (χ3n) is 7.90. The van der Waals surface area contributed by atoms with Crippen molar-refractivity contribution in [3.05, 3.63) is 94.5 Å². The van der Waals surface area contributed by atoms with Crippen molar-refractivity contribution >= 4 is 34.5 Å². The summed E-state index contributed by atoms with van der Waals surface area (Å²) < 4.78 is 5.53. The number of hydrogen-bond donors (Lipinski definition) is 3. The summed E-state index contributed by atoms with van der Waals surface area (Å²) in [4.78, 5) is 34.6. The molecular weight excluding hydrogens is 504 g/mol. The lowest BCUT2D eigenvalue weighted by Gasteiger charge is -2.42. The van der Waals surface area contributed by atoms with E-state index in [4.69, 9.17) is 9.73 Å². The molecule has 1 amide bonds. The Kier molecular flexibility index (Phi) is 7.82. The predicted octanol–water partition coefficient (Wildman–Crippen LogP) is 5.00. The smallest absolute Gasteiger partial charge is 0.251 e. The second-order valence-electron chi connectivity index (χ2n) is 10.5. The maximum atomic E-state index is 13.0. The Bertz CT molecular complexity index is 1550. The van der Waals surface area contributed by atoms with Gasteiger partial charge >= 0.3 is 0 Å². The van der Waals surface area contributed by atoms with Crippen LogP contribution in [0.5, 0.6) is 5.88 Å². The van der Waals surface area contributed by atoms with Gasteiger partial charge in [0.2, 0.25) is 0 Å². The molecule has 0 saturated carbocycles. The first-order valence-electron chi connectivity index (χ1n) is 13.4. The summed E-state index contributed by atoms with van der Waals surface area (Å²) in [5, 5.41) is 14.8. The molecule has 3 N–H and O–H groups in total. The van der Waals surface area contributed by atoms with Crippen LogP contribution in [0.25, 0.3) is 10.9 Å². The predicted molar refractivity (Wildman–Crippen MR) is 157 cm³/mol. The monoisotopic (exact) mass is 538 g/mol. The Morgan fingerprint density at radius 2 is 1.77 bits per heavy atom. The van der Waals surface area contributed by atoms with Gasteiger partial charge in [0, 0.05) is 52.9 Å². The number of aromatic hydroxyl groups is 1. The quantitative estimate of drug-likeness (QED) is 0.216. The van der Waals surface area contributed by atoms with Gasteiger partial charge in [-0.1, -0.05) is 30.3 Å². The van der Waals surface area contributed by atoms with Gasteiger partial charge in [-0.3, -0.25) is 9.59 Å². The fourth-order valence-electron chi connectivity index (χ4n) is 5.28. The first-order chi connectivity index (χ1) is 19.3. The molecule has 2 heterocycles. The number of ether oxygens (including phenoxy) is 1. The first-order valence-corrected chi connectivity index (χ1v) is 13.4. The molecular formula is C32H34N4O4.